The molecule has 2 nitrogen and oxygen atoms in total. The van der Waals surface area contributed by atoms with E-state index in [9.17, 15) is 0 Å². The first kappa shape index (κ1) is 14.7. The first-order valence-corrected chi connectivity index (χ1v) is 6.80. The minimum Gasteiger partial charge on any atom is -0.469 e. The fourth-order valence-corrected chi connectivity index (χ4v) is 2.58. The van der Waals surface area contributed by atoms with E-state index in [0.717, 1.165) is 24.6 Å². The quantitative estimate of drug-likeness (QED) is 0.809. The van der Waals surface area contributed by atoms with Crippen LogP contribution in [0, 0.1) is 18.3 Å². The van der Waals surface area contributed by atoms with Crippen molar-refractivity contribution in [2.45, 2.75) is 34.2 Å². The lowest BCUT2D eigenvalue weighted by Crippen LogP contribution is -2.34. The number of nitrogens with zero attached hydrogens (tertiary/aromatic N) is 1. The number of rotatable bonds is 5. The van der Waals surface area contributed by atoms with Crippen molar-refractivity contribution in [3.63, 3.8) is 0 Å². The van der Waals surface area contributed by atoms with E-state index < -0.39 is 0 Å². The van der Waals surface area contributed by atoms with E-state index in [1.165, 1.54) is 5.56 Å². The van der Waals surface area contributed by atoms with E-state index in [1.54, 1.807) is 6.26 Å². The van der Waals surface area contributed by atoms with Crippen LogP contribution in [0.3, 0.4) is 0 Å². The zero-order valence-corrected chi connectivity index (χ0v) is 12.6. The summed E-state index contributed by atoms with van der Waals surface area (Å²) in [6.45, 7) is 10.9. The third kappa shape index (κ3) is 4.40. The summed E-state index contributed by atoms with van der Waals surface area (Å²) in [6.07, 6.45) is 1.76. The molecule has 1 aromatic heterocycles. The Morgan fingerprint density at radius 2 is 2.06 bits per heavy atom. The molecule has 0 aromatic carbocycles. The predicted molar refractivity (Wildman–Crippen MR) is 76.6 cm³/mol. The van der Waals surface area contributed by atoms with Gasteiger partial charge in [-0.2, -0.15) is 12.6 Å². The normalized spacial score (nSPS) is 14.3. The molecule has 0 spiro atoms. The Kier molecular flexibility index (Phi) is 5.14. The van der Waals surface area contributed by atoms with E-state index in [1.807, 2.05) is 6.92 Å². The Balaban J connectivity index is 2.54. The van der Waals surface area contributed by atoms with Gasteiger partial charge in [-0.05, 0) is 37.1 Å². The minimum atomic E-state index is 0.307. The number of furan rings is 1. The lowest BCUT2D eigenvalue weighted by Gasteiger charge is -2.33. The van der Waals surface area contributed by atoms with Gasteiger partial charge >= 0.3 is 0 Å². The summed E-state index contributed by atoms with van der Waals surface area (Å²) < 4.78 is 5.32. The number of thiol groups is 1. The van der Waals surface area contributed by atoms with Gasteiger partial charge in [0.15, 0.2) is 0 Å². The van der Waals surface area contributed by atoms with Crippen LogP contribution in [0.15, 0.2) is 16.7 Å². The zero-order chi connectivity index (χ0) is 13.1. The van der Waals surface area contributed by atoms with Crippen molar-refractivity contribution in [1.82, 2.24) is 4.90 Å². The summed E-state index contributed by atoms with van der Waals surface area (Å²) in [5.41, 5.74) is 1.58. The van der Waals surface area contributed by atoms with Crippen molar-refractivity contribution in [1.29, 1.82) is 0 Å². The highest BCUT2D eigenvalue weighted by molar-refractivity contribution is 7.80. The molecule has 1 rings (SSSR count). The molecule has 0 aliphatic rings. The van der Waals surface area contributed by atoms with E-state index in [-0.39, 0.29) is 0 Å². The Morgan fingerprint density at radius 1 is 1.41 bits per heavy atom. The van der Waals surface area contributed by atoms with Crippen LogP contribution >= 0.6 is 12.6 Å². The van der Waals surface area contributed by atoms with E-state index in [4.69, 9.17) is 4.42 Å². The molecule has 0 saturated heterocycles. The summed E-state index contributed by atoms with van der Waals surface area (Å²) in [5.74, 6) is 2.55. The van der Waals surface area contributed by atoms with E-state index >= 15 is 0 Å². The van der Waals surface area contributed by atoms with E-state index in [0.29, 0.717) is 11.3 Å². The van der Waals surface area contributed by atoms with Crippen LogP contribution in [0.25, 0.3) is 0 Å². The zero-order valence-electron chi connectivity index (χ0n) is 11.7. The highest BCUT2D eigenvalue weighted by atomic mass is 32.1. The molecule has 0 bridgehead atoms. The van der Waals surface area contributed by atoms with Crippen molar-refractivity contribution in [2.75, 3.05) is 19.3 Å². The summed E-state index contributed by atoms with van der Waals surface area (Å²) in [4.78, 5) is 2.35. The number of hydrogen-bond acceptors (Lipinski definition) is 3. The smallest absolute Gasteiger partial charge is 0.105 e. The second-order valence-electron chi connectivity index (χ2n) is 5.94. The van der Waals surface area contributed by atoms with Gasteiger partial charge in [0.2, 0.25) is 0 Å². The fraction of sp³-hybridized carbons (Fsp3) is 0.714. The van der Waals surface area contributed by atoms with Crippen molar-refractivity contribution in [3.05, 3.63) is 23.7 Å². The van der Waals surface area contributed by atoms with Gasteiger partial charge in [0, 0.05) is 18.7 Å². The summed E-state index contributed by atoms with van der Waals surface area (Å²) in [7, 11) is 2.16. The molecule has 98 valence electrons. The molecule has 0 amide bonds. The highest BCUT2D eigenvalue weighted by Crippen LogP contribution is 2.27. The molecule has 17 heavy (non-hydrogen) atoms. The van der Waals surface area contributed by atoms with Crippen LogP contribution in [-0.4, -0.2) is 24.2 Å². The summed E-state index contributed by atoms with van der Waals surface area (Å²) in [5, 5.41) is 0. The first-order chi connectivity index (χ1) is 7.84. The maximum Gasteiger partial charge on any atom is 0.105 e. The molecule has 3 heteroatoms. The van der Waals surface area contributed by atoms with Crippen molar-refractivity contribution >= 4 is 12.6 Å². The summed E-state index contributed by atoms with van der Waals surface area (Å²) >= 11 is 4.47. The molecule has 1 unspecified atom stereocenters. The number of aryl methyl sites for hydroxylation is 1. The Morgan fingerprint density at radius 3 is 2.47 bits per heavy atom. The molecule has 0 aliphatic heterocycles. The lowest BCUT2D eigenvalue weighted by atomic mass is 9.81. The van der Waals surface area contributed by atoms with Crippen LogP contribution in [-0.2, 0) is 6.54 Å². The van der Waals surface area contributed by atoms with Gasteiger partial charge < -0.3 is 9.32 Å². The molecule has 1 aromatic rings. The van der Waals surface area contributed by atoms with Gasteiger partial charge in [0.25, 0.3) is 0 Å². The Labute approximate surface area is 111 Å². The molecule has 0 saturated carbocycles. The Bertz CT molecular complexity index is 340. The number of hydrogen-bond donors (Lipinski definition) is 1. The average Bonchev–Trinajstić information content (AvgIpc) is 2.59. The summed E-state index contributed by atoms with van der Waals surface area (Å²) in [6, 6.07) is 2.05. The van der Waals surface area contributed by atoms with Crippen LogP contribution in [0.1, 0.15) is 32.1 Å². The Hall–Kier alpha value is -0.410. The van der Waals surface area contributed by atoms with Crippen molar-refractivity contribution < 1.29 is 4.42 Å². The van der Waals surface area contributed by atoms with Gasteiger partial charge in [0.05, 0.1) is 6.26 Å². The lowest BCUT2D eigenvalue weighted by molar-refractivity contribution is 0.182. The second kappa shape index (κ2) is 5.96. The molecular formula is C14H25NOS. The van der Waals surface area contributed by atoms with Gasteiger partial charge in [0.1, 0.15) is 5.76 Å². The van der Waals surface area contributed by atoms with Crippen molar-refractivity contribution in [2.24, 2.45) is 11.3 Å². The third-order valence-electron chi connectivity index (χ3n) is 3.38. The van der Waals surface area contributed by atoms with Crippen LogP contribution < -0.4 is 0 Å². The van der Waals surface area contributed by atoms with Crippen LogP contribution in [0.4, 0.5) is 0 Å². The molecule has 0 radical (unpaired) electrons. The maximum atomic E-state index is 5.32. The van der Waals surface area contributed by atoms with Gasteiger partial charge in [-0.1, -0.05) is 20.8 Å². The standard InChI is InChI=1S/C14H25NOS/c1-11-12(6-7-16-11)8-15(5)9-13(10-17)14(2,3)4/h6-7,13,17H,8-10H2,1-5H3. The van der Waals surface area contributed by atoms with Crippen molar-refractivity contribution in [3.8, 4) is 0 Å². The molecule has 0 fully saturated rings. The molecule has 0 N–H and O–H groups in total. The monoisotopic (exact) mass is 255 g/mol. The molecule has 1 heterocycles. The van der Waals surface area contributed by atoms with Crippen LogP contribution in [0.5, 0.6) is 0 Å². The molecule has 0 aliphatic carbocycles. The third-order valence-corrected chi connectivity index (χ3v) is 3.82. The van der Waals surface area contributed by atoms with Crippen LogP contribution in [0.2, 0.25) is 0 Å². The topological polar surface area (TPSA) is 16.4 Å². The largest absolute Gasteiger partial charge is 0.469 e. The highest BCUT2D eigenvalue weighted by Gasteiger charge is 2.24. The molecular weight excluding hydrogens is 230 g/mol. The van der Waals surface area contributed by atoms with E-state index in [2.05, 4.69) is 51.4 Å². The van der Waals surface area contributed by atoms with Gasteiger partial charge in [-0.25, -0.2) is 0 Å². The van der Waals surface area contributed by atoms with Gasteiger partial charge in [-0.15, -0.1) is 0 Å². The fourth-order valence-electron chi connectivity index (χ4n) is 1.91. The maximum absolute atomic E-state index is 5.32. The second-order valence-corrected chi connectivity index (χ2v) is 6.31. The first-order valence-electron chi connectivity index (χ1n) is 6.17. The predicted octanol–water partition coefficient (Wildman–Crippen LogP) is 3.61. The SMILES string of the molecule is Cc1occc1CN(C)CC(CS)C(C)(C)C. The minimum absolute atomic E-state index is 0.307. The van der Waals surface area contributed by atoms with Gasteiger partial charge in [-0.3, -0.25) is 0 Å². The molecule has 1 atom stereocenters. The average molecular weight is 255 g/mol.